The number of halogens is 5. The van der Waals surface area contributed by atoms with E-state index in [1.807, 2.05) is 0 Å². The Balaban J connectivity index is 3.31. The van der Waals surface area contributed by atoms with Crippen LogP contribution in [0.3, 0.4) is 0 Å². The van der Waals surface area contributed by atoms with Gasteiger partial charge >= 0.3 is 0 Å². The Morgan fingerprint density at radius 3 is 2.50 bits per heavy atom. The summed E-state index contributed by atoms with van der Waals surface area (Å²) < 4.78 is 37.1. The first-order valence-corrected chi connectivity index (χ1v) is 4.03. The Hall–Kier alpha value is -0.810. The van der Waals surface area contributed by atoms with Crippen molar-refractivity contribution in [2.45, 2.75) is 6.43 Å². The summed E-state index contributed by atoms with van der Waals surface area (Å²) in [6, 6.07) is 0.723. The summed E-state index contributed by atoms with van der Waals surface area (Å²) in [6.45, 7) is 0. The molecule has 0 saturated heterocycles. The third-order valence-electron chi connectivity index (χ3n) is 1.38. The van der Waals surface area contributed by atoms with Gasteiger partial charge in [-0.1, -0.05) is 11.6 Å². The van der Waals surface area contributed by atoms with E-state index in [0.29, 0.717) is 0 Å². The van der Waals surface area contributed by atoms with Crippen molar-refractivity contribution < 1.29 is 18.0 Å². The molecule has 0 aromatic carbocycles. The summed E-state index contributed by atoms with van der Waals surface area (Å²) >= 11 is 10.3. The molecule has 0 amide bonds. The number of hydrogen-bond donors (Lipinski definition) is 0. The number of carbonyl (C=O) groups excluding carboxylic acids is 1. The smallest absolute Gasteiger partial charge is 0.275 e. The highest BCUT2D eigenvalue weighted by Gasteiger charge is 2.20. The van der Waals surface area contributed by atoms with E-state index in [9.17, 15) is 18.0 Å². The zero-order valence-electron chi connectivity index (χ0n) is 6.40. The van der Waals surface area contributed by atoms with Gasteiger partial charge in [0.05, 0.1) is 10.6 Å². The van der Waals surface area contributed by atoms with Crippen molar-refractivity contribution in [3.8, 4) is 0 Å². The standard InChI is InChI=1S/C7H2Cl2F3NO/c8-3-1-2(5(9)14)7(12)13-4(3)6(10)11/h1,6H. The zero-order chi connectivity index (χ0) is 10.9. The van der Waals surface area contributed by atoms with Crippen molar-refractivity contribution in [2.24, 2.45) is 0 Å². The minimum absolute atomic E-state index is 0.495. The van der Waals surface area contributed by atoms with E-state index in [0.717, 1.165) is 6.07 Å². The fraction of sp³-hybridized carbons (Fsp3) is 0.143. The lowest BCUT2D eigenvalue weighted by Gasteiger charge is -2.03. The first-order chi connectivity index (χ1) is 6.43. The van der Waals surface area contributed by atoms with Gasteiger partial charge in [-0.05, 0) is 17.7 Å². The van der Waals surface area contributed by atoms with Crippen LogP contribution in [0, 0.1) is 5.95 Å². The van der Waals surface area contributed by atoms with Crippen LogP contribution in [0.5, 0.6) is 0 Å². The second kappa shape index (κ2) is 4.14. The summed E-state index contributed by atoms with van der Waals surface area (Å²) in [5.41, 5.74) is -1.54. The number of rotatable bonds is 2. The normalized spacial score (nSPS) is 10.7. The Morgan fingerprint density at radius 2 is 2.07 bits per heavy atom. The molecule has 2 nitrogen and oxygen atoms in total. The lowest BCUT2D eigenvalue weighted by Crippen LogP contribution is -2.02. The third-order valence-corrected chi connectivity index (χ3v) is 1.88. The maximum atomic E-state index is 12.8. The summed E-state index contributed by atoms with van der Waals surface area (Å²) in [7, 11) is 0. The van der Waals surface area contributed by atoms with Gasteiger partial charge in [-0.15, -0.1) is 0 Å². The van der Waals surface area contributed by atoms with Crippen molar-refractivity contribution in [1.29, 1.82) is 0 Å². The number of pyridine rings is 1. The van der Waals surface area contributed by atoms with Crippen molar-refractivity contribution in [2.75, 3.05) is 0 Å². The van der Waals surface area contributed by atoms with Crippen LogP contribution in [0.4, 0.5) is 13.2 Å². The molecule has 0 unspecified atom stereocenters. The minimum atomic E-state index is -3.00. The Bertz CT molecular complexity index is 383. The molecule has 1 aromatic rings. The van der Waals surface area contributed by atoms with Crippen LogP contribution in [-0.4, -0.2) is 10.2 Å². The number of alkyl halides is 2. The van der Waals surface area contributed by atoms with E-state index in [2.05, 4.69) is 4.98 Å². The Kier molecular flexibility index (Phi) is 3.34. The average molecular weight is 244 g/mol. The van der Waals surface area contributed by atoms with Crippen LogP contribution in [0.2, 0.25) is 5.02 Å². The highest BCUT2D eigenvalue weighted by atomic mass is 35.5. The number of nitrogens with zero attached hydrogens (tertiary/aromatic N) is 1. The monoisotopic (exact) mass is 243 g/mol. The van der Waals surface area contributed by atoms with Gasteiger partial charge < -0.3 is 0 Å². The maximum absolute atomic E-state index is 12.8. The van der Waals surface area contributed by atoms with Crippen LogP contribution < -0.4 is 0 Å². The van der Waals surface area contributed by atoms with Crippen LogP contribution in [-0.2, 0) is 0 Å². The molecule has 0 saturated carbocycles. The molecule has 1 rings (SSSR count). The lowest BCUT2D eigenvalue weighted by molar-refractivity contribution is 0.107. The highest BCUT2D eigenvalue weighted by molar-refractivity contribution is 6.67. The molecular formula is C7H2Cl2F3NO. The summed E-state index contributed by atoms with van der Waals surface area (Å²) in [5, 5.41) is -1.64. The van der Waals surface area contributed by atoms with Crippen molar-refractivity contribution in [1.82, 2.24) is 4.98 Å². The molecule has 0 spiro atoms. The first kappa shape index (κ1) is 11.3. The molecule has 76 valence electrons. The number of hydrogen-bond acceptors (Lipinski definition) is 2. The van der Waals surface area contributed by atoms with Crippen molar-refractivity contribution in [3.63, 3.8) is 0 Å². The molecule has 0 aliphatic rings. The molecule has 0 fully saturated rings. The van der Waals surface area contributed by atoms with E-state index in [1.165, 1.54) is 0 Å². The fourth-order valence-electron chi connectivity index (χ4n) is 0.770. The predicted molar refractivity (Wildman–Crippen MR) is 44.3 cm³/mol. The SMILES string of the molecule is O=C(Cl)c1cc(Cl)c(C(F)F)nc1F. The second-order valence-corrected chi connectivity index (χ2v) is 3.02. The molecule has 0 bridgehead atoms. The van der Waals surface area contributed by atoms with E-state index >= 15 is 0 Å². The highest BCUT2D eigenvalue weighted by Crippen LogP contribution is 2.27. The van der Waals surface area contributed by atoms with E-state index in [-0.39, 0.29) is 0 Å². The van der Waals surface area contributed by atoms with Gasteiger partial charge in [-0.2, -0.15) is 4.39 Å². The van der Waals surface area contributed by atoms with Gasteiger partial charge in [0.2, 0.25) is 5.95 Å². The molecule has 0 atom stereocenters. The quantitative estimate of drug-likeness (QED) is 0.590. The molecule has 0 radical (unpaired) electrons. The molecule has 1 heterocycles. The fourth-order valence-corrected chi connectivity index (χ4v) is 1.14. The predicted octanol–water partition coefficient (Wildman–Crippen LogP) is 3.19. The van der Waals surface area contributed by atoms with Crippen LogP contribution in [0.25, 0.3) is 0 Å². The number of aromatic nitrogens is 1. The van der Waals surface area contributed by atoms with Crippen molar-refractivity contribution in [3.05, 3.63) is 28.3 Å². The van der Waals surface area contributed by atoms with Crippen molar-refractivity contribution >= 4 is 28.4 Å². The molecule has 14 heavy (non-hydrogen) atoms. The van der Waals surface area contributed by atoms with Gasteiger partial charge in [0.15, 0.2) is 0 Å². The van der Waals surface area contributed by atoms with Gasteiger partial charge in [0.25, 0.3) is 11.7 Å². The number of carbonyl (C=O) groups is 1. The molecule has 0 aliphatic heterocycles. The second-order valence-electron chi connectivity index (χ2n) is 2.27. The third kappa shape index (κ3) is 2.16. The van der Waals surface area contributed by atoms with E-state index in [1.54, 1.807) is 0 Å². The summed E-state index contributed by atoms with van der Waals surface area (Å²) in [4.78, 5) is 13.4. The molecule has 0 N–H and O–H groups in total. The Labute approximate surface area is 86.6 Å². The molecule has 7 heteroatoms. The minimum Gasteiger partial charge on any atom is -0.275 e. The summed E-state index contributed by atoms with van der Waals surface area (Å²) in [6.07, 6.45) is -3.00. The topological polar surface area (TPSA) is 30.0 Å². The van der Waals surface area contributed by atoms with Gasteiger partial charge in [-0.25, -0.2) is 13.8 Å². The van der Waals surface area contributed by atoms with Crippen LogP contribution in [0.1, 0.15) is 22.5 Å². The van der Waals surface area contributed by atoms with E-state index in [4.69, 9.17) is 23.2 Å². The Morgan fingerprint density at radius 1 is 1.50 bits per heavy atom. The molecule has 0 aliphatic carbocycles. The molecular weight excluding hydrogens is 242 g/mol. The molecule has 1 aromatic heterocycles. The summed E-state index contributed by atoms with van der Waals surface area (Å²) in [5.74, 6) is -1.36. The van der Waals surface area contributed by atoms with Gasteiger partial charge in [0.1, 0.15) is 5.69 Å². The largest absolute Gasteiger partial charge is 0.281 e. The lowest BCUT2D eigenvalue weighted by atomic mass is 10.2. The van der Waals surface area contributed by atoms with Crippen LogP contribution >= 0.6 is 23.2 Å². The zero-order valence-corrected chi connectivity index (χ0v) is 7.91. The van der Waals surface area contributed by atoms with Gasteiger partial charge in [-0.3, -0.25) is 4.79 Å². The maximum Gasteiger partial charge on any atom is 0.281 e. The van der Waals surface area contributed by atoms with Crippen LogP contribution in [0.15, 0.2) is 6.07 Å². The van der Waals surface area contributed by atoms with E-state index < -0.39 is 33.9 Å². The first-order valence-electron chi connectivity index (χ1n) is 3.27. The van der Waals surface area contributed by atoms with Gasteiger partial charge in [0, 0.05) is 0 Å². The average Bonchev–Trinajstić information content (AvgIpc) is 2.07.